The van der Waals surface area contributed by atoms with Gasteiger partial charge >= 0.3 is 12.0 Å². The summed E-state index contributed by atoms with van der Waals surface area (Å²) in [5.74, 6) is 0.161. The Bertz CT molecular complexity index is 666. The molecule has 0 aromatic heterocycles. The highest BCUT2D eigenvalue weighted by atomic mass is 16.5. The molecule has 0 fully saturated rings. The molecule has 0 spiro atoms. The van der Waals surface area contributed by atoms with Crippen molar-refractivity contribution >= 4 is 12.0 Å². The van der Waals surface area contributed by atoms with Crippen LogP contribution in [0, 0.1) is 0 Å². The van der Waals surface area contributed by atoms with Gasteiger partial charge in [-0.3, -0.25) is 0 Å². The number of urea groups is 1. The molecular weight excluding hydrogens is 296 g/mol. The first kappa shape index (κ1) is 16.6. The molecule has 1 aliphatic heterocycles. The van der Waals surface area contributed by atoms with Crippen molar-refractivity contribution < 1.29 is 19.1 Å². The van der Waals surface area contributed by atoms with Gasteiger partial charge in [-0.2, -0.15) is 0 Å². The quantitative estimate of drug-likeness (QED) is 0.669. The van der Waals surface area contributed by atoms with Crippen molar-refractivity contribution in [1.29, 1.82) is 0 Å². The summed E-state index contributed by atoms with van der Waals surface area (Å²) in [6.07, 6.45) is 1.65. The maximum Gasteiger partial charge on any atom is 0.337 e. The number of amides is 2. The lowest BCUT2D eigenvalue weighted by molar-refractivity contribution is -0.136. The third kappa shape index (κ3) is 3.36. The fraction of sp³-hybridized carbons (Fsp3) is 0.294. The molecule has 0 saturated carbocycles. The first-order valence-electron chi connectivity index (χ1n) is 7.16. The number of ether oxygens (including phenoxy) is 2. The van der Waals surface area contributed by atoms with Crippen LogP contribution in [-0.2, 0) is 9.53 Å². The van der Waals surface area contributed by atoms with Gasteiger partial charge in [0, 0.05) is 12.7 Å². The summed E-state index contributed by atoms with van der Waals surface area (Å²) >= 11 is 0. The molecule has 6 heteroatoms. The predicted octanol–water partition coefficient (Wildman–Crippen LogP) is 2.39. The van der Waals surface area contributed by atoms with Gasteiger partial charge in [0.05, 0.1) is 18.7 Å². The zero-order valence-electron chi connectivity index (χ0n) is 13.5. The second-order valence-electron chi connectivity index (χ2n) is 5.10. The minimum absolute atomic E-state index is 0.280. The standard InChI is InChI=1S/C17H20N2O4/c1-5-9-23-13-8-6-7-12(10-13)15-14(16(20)22-4)11(2)19(3)17(21)18-15/h5-8,10,15H,1,9H2,2-4H3,(H,18,21)/t15-/m0/s1. The monoisotopic (exact) mass is 316 g/mol. The number of carbonyl (C=O) groups excluding carboxylic acids is 2. The highest BCUT2D eigenvalue weighted by Gasteiger charge is 2.34. The molecule has 0 unspecified atom stereocenters. The lowest BCUT2D eigenvalue weighted by Crippen LogP contribution is -2.46. The molecule has 0 aliphatic carbocycles. The van der Waals surface area contributed by atoms with Crippen molar-refractivity contribution in [2.75, 3.05) is 20.8 Å². The summed E-state index contributed by atoms with van der Waals surface area (Å²) in [5.41, 5.74) is 1.70. The van der Waals surface area contributed by atoms with Crippen LogP contribution < -0.4 is 10.1 Å². The van der Waals surface area contributed by atoms with E-state index < -0.39 is 12.0 Å². The van der Waals surface area contributed by atoms with E-state index in [4.69, 9.17) is 9.47 Å². The van der Waals surface area contributed by atoms with Crippen LogP contribution in [0.4, 0.5) is 4.79 Å². The van der Waals surface area contributed by atoms with E-state index in [9.17, 15) is 9.59 Å². The van der Waals surface area contributed by atoms with Gasteiger partial charge in [-0.1, -0.05) is 24.8 Å². The normalized spacial score (nSPS) is 17.6. The fourth-order valence-corrected chi connectivity index (χ4v) is 2.40. The molecule has 2 rings (SSSR count). The molecule has 1 atom stereocenters. The van der Waals surface area contributed by atoms with Crippen LogP contribution in [-0.4, -0.2) is 37.7 Å². The summed E-state index contributed by atoms with van der Waals surface area (Å²) in [6, 6.07) is 6.36. The van der Waals surface area contributed by atoms with Crippen molar-refractivity contribution in [3.8, 4) is 5.75 Å². The van der Waals surface area contributed by atoms with Gasteiger partial charge in [0.15, 0.2) is 0 Å². The third-order valence-electron chi connectivity index (χ3n) is 3.72. The van der Waals surface area contributed by atoms with Crippen LogP contribution in [0.3, 0.4) is 0 Å². The number of nitrogens with one attached hydrogen (secondary N) is 1. The SMILES string of the molecule is C=CCOc1cccc([C@@H]2NC(=O)N(C)C(C)=C2C(=O)OC)c1. The van der Waals surface area contributed by atoms with Crippen molar-refractivity contribution in [1.82, 2.24) is 10.2 Å². The maximum atomic E-state index is 12.2. The Labute approximate surface area is 135 Å². The first-order chi connectivity index (χ1) is 11.0. The highest BCUT2D eigenvalue weighted by molar-refractivity contribution is 5.94. The number of carbonyl (C=O) groups is 2. The van der Waals surface area contributed by atoms with Gasteiger partial charge in [0.2, 0.25) is 0 Å². The van der Waals surface area contributed by atoms with Crippen LogP contribution in [0.2, 0.25) is 0 Å². The van der Waals surface area contributed by atoms with Crippen LogP contribution in [0.25, 0.3) is 0 Å². The number of methoxy groups -OCH3 is 1. The maximum absolute atomic E-state index is 12.2. The second kappa shape index (κ2) is 7.00. The Kier molecular flexibility index (Phi) is 5.05. The Balaban J connectivity index is 2.45. The van der Waals surface area contributed by atoms with Crippen LogP contribution >= 0.6 is 0 Å². The van der Waals surface area contributed by atoms with E-state index in [-0.39, 0.29) is 6.03 Å². The molecule has 23 heavy (non-hydrogen) atoms. The first-order valence-corrected chi connectivity index (χ1v) is 7.16. The Morgan fingerprint density at radius 2 is 2.22 bits per heavy atom. The van der Waals surface area contributed by atoms with Gasteiger partial charge in [0.25, 0.3) is 0 Å². The summed E-state index contributed by atoms with van der Waals surface area (Å²) in [7, 11) is 2.92. The van der Waals surface area contributed by atoms with Gasteiger partial charge in [0.1, 0.15) is 12.4 Å². The van der Waals surface area contributed by atoms with E-state index in [2.05, 4.69) is 11.9 Å². The number of nitrogens with zero attached hydrogens (tertiary/aromatic N) is 1. The average Bonchev–Trinajstić information content (AvgIpc) is 2.57. The fourth-order valence-electron chi connectivity index (χ4n) is 2.40. The summed E-state index contributed by atoms with van der Waals surface area (Å²) < 4.78 is 10.4. The molecular formula is C17H20N2O4. The topological polar surface area (TPSA) is 67.9 Å². The molecule has 0 bridgehead atoms. The van der Waals surface area contributed by atoms with E-state index in [1.54, 1.807) is 32.2 Å². The number of rotatable bonds is 5. The van der Waals surface area contributed by atoms with Crippen molar-refractivity contribution in [2.24, 2.45) is 0 Å². The van der Waals surface area contributed by atoms with E-state index in [1.165, 1.54) is 12.0 Å². The highest BCUT2D eigenvalue weighted by Crippen LogP contribution is 2.31. The molecule has 1 N–H and O–H groups in total. The van der Waals surface area contributed by atoms with Crippen molar-refractivity contribution in [2.45, 2.75) is 13.0 Å². The summed E-state index contributed by atoms with van der Waals surface area (Å²) in [4.78, 5) is 25.6. The number of allylic oxidation sites excluding steroid dienone is 1. The van der Waals surface area contributed by atoms with Gasteiger partial charge < -0.3 is 19.7 Å². The molecule has 122 valence electrons. The number of esters is 1. The lowest BCUT2D eigenvalue weighted by atomic mass is 9.95. The zero-order chi connectivity index (χ0) is 17.0. The van der Waals surface area contributed by atoms with Crippen LogP contribution in [0.1, 0.15) is 18.5 Å². The minimum Gasteiger partial charge on any atom is -0.490 e. The van der Waals surface area contributed by atoms with Crippen LogP contribution in [0.15, 0.2) is 48.2 Å². The van der Waals surface area contributed by atoms with Gasteiger partial charge in [-0.15, -0.1) is 0 Å². The minimum atomic E-state index is -0.585. The molecule has 2 amide bonds. The molecule has 0 saturated heterocycles. The zero-order valence-corrected chi connectivity index (χ0v) is 13.5. The Hall–Kier alpha value is -2.76. The molecule has 1 aromatic carbocycles. The van der Waals surface area contributed by atoms with Crippen molar-refractivity contribution in [3.05, 3.63) is 53.8 Å². The van der Waals surface area contributed by atoms with Crippen LogP contribution in [0.5, 0.6) is 5.75 Å². The predicted molar refractivity (Wildman–Crippen MR) is 85.9 cm³/mol. The van der Waals surface area contributed by atoms with E-state index in [0.29, 0.717) is 23.6 Å². The largest absolute Gasteiger partial charge is 0.490 e. The third-order valence-corrected chi connectivity index (χ3v) is 3.72. The Morgan fingerprint density at radius 3 is 2.87 bits per heavy atom. The molecule has 1 aromatic rings. The second-order valence-corrected chi connectivity index (χ2v) is 5.10. The number of benzene rings is 1. The molecule has 1 heterocycles. The van der Waals surface area contributed by atoms with Gasteiger partial charge in [-0.25, -0.2) is 9.59 Å². The summed E-state index contributed by atoms with van der Waals surface area (Å²) in [5, 5.41) is 2.81. The smallest absolute Gasteiger partial charge is 0.337 e. The van der Waals surface area contributed by atoms with Gasteiger partial charge in [-0.05, 0) is 24.6 Å². The lowest BCUT2D eigenvalue weighted by Gasteiger charge is -2.33. The number of hydrogen-bond acceptors (Lipinski definition) is 4. The molecule has 1 aliphatic rings. The summed E-state index contributed by atoms with van der Waals surface area (Å²) in [6.45, 7) is 5.70. The molecule has 6 nitrogen and oxygen atoms in total. The average molecular weight is 316 g/mol. The molecule has 0 radical (unpaired) electrons. The number of hydrogen-bond donors (Lipinski definition) is 1. The van der Waals surface area contributed by atoms with E-state index in [1.807, 2.05) is 12.1 Å². The van der Waals surface area contributed by atoms with Crippen molar-refractivity contribution in [3.63, 3.8) is 0 Å². The van der Waals surface area contributed by atoms with E-state index >= 15 is 0 Å². The van der Waals surface area contributed by atoms with E-state index in [0.717, 1.165) is 5.56 Å². The Morgan fingerprint density at radius 1 is 1.48 bits per heavy atom.